The third-order valence-corrected chi connectivity index (χ3v) is 3.71. The SMILES string of the molecule is Cc1ccc(N(CCN)Cc2ccccc2C)c(C)c1. The summed E-state index contributed by atoms with van der Waals surface area (Å²) in [4.78, 5) is 2.37. The first kappa shape index (κ1) is 14.6. The summed E-state index contributed by atoms with van der Waals surface area (Å²) >= 11 is 0. The van der Waals surface area contributed by atoms with Crippen LogP contribution in [0, 0.1) is 20.8 Å². The van der Waals surface area contributed by atoms with Crippen LogP contribution in [-0.4, -0.2) is 13.1 Å². The van der Waals surface area contributed by atoms with Gasteiger partial charge in [-0.05, 0) is 43.5 Å². The third kappa shape index (κ3) is 3.40. The molecule has 0 unspecified atom stereocenters. The van der Waals surface area contributed by atoms with E-state index in [0.717, 1.165) is 13.1 Å². The van der Waals surface area contributed by atoms with E-state index in [4.69, 9.17) is 5.73 Å². The molecule has 2 rings (SSSR count). The van der Waals surface area contributed by atoms with E-state index in [1.807, 2.05) is 0 Å². The lowest BCUT2D eigenvalue weighted by atomic mass is 10.1. The van der Waals surface area contributed by atoms with E-state index in [1.54, 1.807) is 0 Å². The zero-order valence-electron chi connectivity index (χ0n) is 12.7. The van der Waals surface area contributed by atoms with E-state index in [0.29, 0.717) is 6.54 Å². The monoisotopic (exact) mass is 268 g/mol. The molecule has 0 heterocycles. The smallest absolute Gasteiger partial charge is 0.0432 e. The number of nitrogens with two attached hydrogens (primary N) is 1. The molecule has 0 atom stereocenters. The molecule has 0 fully saturated rings. The molecule has 0 saturated carbocycles. The average Bonchev–Trinajstić information content (AvgIpc) is 2.41. The Kier molecular flexibility index (Phi) is 4.80. The highest BCUT2D eigenvalue weighted by molar-refractivity contribution is 5.55. The fourth-order valence-electron chi connectivity index (χ4n) is 2.59. The van der Waals surface area contributed by atoms with Crippen molar-refractivity contribution in [2.24, 2.45) is 5.73 Å². The number of benzene rings is 2. The van der Waals surface area contributed by atoms with Crippen LogP contribution in [0.2, 0.25) is 0 Å². The topological polar surface area (TPSA) is 29.3 Å². The van der Waals surface area contributed by atoms with Gasteiger partial charge in [-0.3, -0.25) is 0 Å². The van der Waals surface area contributed by atoms with E-state index in [2.05, 4.69) is 68.1 Å². The summed E-state index contributed by atoms with van der Waals surface area (Å²) in [6.07, 6.45) is 0. The van der Waals surface area contributed by atoms with Crippen LogP contribution in [-0.2, 0) is 6.54 Å². The molecule has 0 amide bonds. The van der Waals surface area contributed by atoms with Crippen LogP contribution < -0.4 is 10.6 Å². The van der Waals surface area contributed by atoms with Gasteiger partial charge in [0.15, 0.2) is 0 Å². The van der Waals surface area contributed by atoms with Crippen molar-refractivity contribution in [1.82, 2.24) is 0 Å². The zero-order chi connectivity index (χ0) is 14.5. The van der Waals surface area contributed by atoms with Gasteiger partial charge in [-0.15, -0.1) is 0 Å². The Balaban J connectivity index is 2.29. The summed E-state index contributed by atoms with van der Waals surface area (Å²) in [6, 6.07) is 15.2. The minimum absolute atomic E-state index is 0.666. The van der Waals surface area contributed by atoms with E-state index in [1.165, 1.54) is 27.9 Å². The standard InChI is InChI=1S/C18H24N2/c1-14-8-9-18(16(3)12-14)20(11-10-19)13-17-7-5-4-6-15(17)2/h4-9,12H,10-11,13,19H2,1-3H3. The van der Waals surface area contributed by atoms with Gasteiger partial charge in [0.05, 0.1) is 0 Å². The number of hydrogen-bond acceptors (Lipinski definition) is 2. The number of aryl methyl sites for hydroxylation is 3. The highest BCUT2D eigenvalue weighted by atomic mass is 15.1. The number of anilines is 1. The van der Waals surface area contributed by atoms with Gasteiger partial charge in [0.2, 0.25) is 0 Å². The van der Waals surface area contributed by atoms with Gasteiger partial charge in [-0.25, -0.2) is 0 Å². The Bertz CT molecular complexity index is 575. The van der Waals surface area contributed by atoms with Crippen molar-refractivity contribution in [3.63, 3.8) is 0 Å². The molecule has 2 nitrogen and oxygen atoms in total. The van der Waals surface area contributed by atoms with Crippen LogP contribution >= 0.6 is 0 Å². The summed E-state index contributed by atoms with van der Waals surface area (Å²) in [5.74, 6) is 0. The van der Waals surface area contributed by atoms with Crippen LogP contribution in [0.5, 0.6) is 0 Å². The fraction of sp³-hybridized carbons (Fsp3) is 0.333. The largest absolute Gasteiger partial charge is 0.366 e. The molecular formula is C18H24N2. The van der Waals surface area contributed by atoms with E-state index >= 15 is 0 Å². The van der Waals surface area contributed by atoms with Gasteiger partial charge in [-0.2, -0.15) is 0 Å². The van der Waals surface area contributed by atoms with Crippen molar-refractivity contribution < 1.29 is 0 Å². The van der Waals surface area contributed by atoms with Crippen LogP contribution in [0.4, 0.5) is 5.69 Å². The van der Waals surface area contributed by atoms with Gasteiger partial charge in [0.1, 0.15) is 0 Å². The minimum Gasteiger partial charge on any atom is -0.366 e. The van der Waals surface area contributed by atoms with Crippen molar-refractivity contribution in [2.75, 3.05) is 18.0 Å². The Morgan fingerprint density at radius 3 is 2.35 bits per heavy atom. The molecule has 0 saturated heterocycles. The predicted molar refractivity (Wildman–Crippen MR) is 87.2 cm³/mol. The normalized spacial score (nSPS) is 10.6. The highest BCUT2D eigenvalue weighted by Crippen LogP contribution is 2.23. The van der Waals surface area contributed by atoms with Gasteiger partial charge < -0.3 is 10.6 Å². The van der Waals surface area contributed by atoms with E-state index in [9.17, 15) is 0 Å². The molecule has 0 spiro atoms. The first-order valence-electron chi connectivity index (χ1n) is 7.18. The summed E-state index contributed by atoms with van der Waals surface area (Å²) in [5, 5.41) is 0. The van der Waals surface area contributed by atoms with Crippen molar-refractivity contribution in [3.8, 4) is 0 Å². The summed E-state index contributed by atoms with van der Waals surface area (Å²) in [7, 11) is 0. The second-order valence-corrected chi connectivity index (χ2v) is 5.43. The third-order valence-electron chi connectivity index (χ3n) is 3.71. The van der Waals surface area contributed by atoms with Crippen molar-refractivity contribution in [1.29, 1.82) is 0 Å². The van der Waals surface area contributed by atoms with E-state index in [-0.39, 0.29) is 0 Å². The lowest BCUT2D eigenvalue weighted by Gasteiger charge is -2.27. The van der Waals surface area contributed by atoms with Gasteiger partial charge >= 0.3 is 0 Å². The first-order chi connectivity index (χ1) is 9.61. The summed E-state index contributed by atoms with van der Waals surface area (Å²) in [6.45, 7) is 8.91. The molecule has 106 valence electrons. The first-order valence-corrected chi connectivity index (χ1v) is 7.18. The van der Waals surface area contributed by atoms with Crippen molar-refractivity contribution >= 4 is 5.69 Å². The molecule has 0 aliphatic heterocycles. The molecule has 0 radical (unpaired) electrons. The van der Waals surface area contributed by atoms with Crippen LogP contribution in [0.3, 0.4) is 0 Å². The molecule has 20 heavy (non-hydrogen) atoms. The average molecular weight is 268 g/mol. The van der Waals surface area contributed by atoms with Gasteiger partial charge in [0, 0.05) is 25.3 Å². The van der Waals surface area contributed by atoms with E-state index < -0.39 is 0 Å². The molecule has 0 aliphatic rings. The Labute approximate surface area is 122 Å². The zero-order valence-corrected chi connectivity index (χ0v) is 12.7. The molecule has 0 aromatic heterocycles. The molecule has 0 aliphatic carbocycles. The second-order valence-electron chi connectivity index (χ2n) is 5.43. The maximum absolute atomic E-state index is 5.80. The fourth-order valence-corrected chi connectivity index (χ4v) is 2.59. The lowest BCUT2D eigenvalue weighted by Crippen LogP contribution is -2.29. The van der Waals surface area contributed by atoms with Gasteiger partial charge in [0.25, 0.3) is 0 Å². The lowest BCUT2D eigenvalue weighted by molar-refractivity contribution is 0.783. The predicted octanol–water partition coefficient (Wildman–Crippen LogP) is 3.58. The quantitative estimate of drug-likeness (QED) is 0.898. The number of hydrogen-bond donors (Lipinski definition) is 1. The molecule has 2 N–H and O–H groups in total. The Morgan fingerprint density at radius 2 is 1.70 bits per heavy atom. The Morgan fingerprint density at radius 1 is 0.950 bits per heavy atom. The number of rotatable bonds is 5. The maximum atomic E-state index is 5.80. The van der Waals surface area contributed by atoms with Crippen LogP contribution in [0.1, 0.15) is 22.3 Å². The molecule has 0 bridgehead atoms. The molecule has 2 heteroatoms. The van der Waals surface area contributed by atoms with Crippen LogP contribution in [0.15, 0.2) is 42.5 Å². The van der Waals surface area contributed by atoms with Crippen molar-refractivity contribution in [2.45, 2.75) is 27.3 Å². The Hall–Kier alpha value is -1.80. The number of nitrogens with zero attached hydrogens (tertiary/aromatic N) is 1. The minimum atomic E-state index is 0.666. The second kappa shape index (κ2) is 6.58. The highest BCUT2D eigenvalue weighted by Gasteiger charge is 2.10. The summed E-state index contributed by atoms with van der Waals surface area (Å²) < 4.78 is 0. The summed E-state index contributed by atoms with van der Waals surface area (Å²) in [5.41, 5.74) is 12.4. The van der Waals surface area contributed by atoms with Gasteiger partial charge in [-0.1, -0.05) is 42.0 Å². The van der Waals surface area contributed by atoms with Crippen LogP contribution in [0.25, 0.3) is 0 Å². The van der Waals surface area contributed by atoms with Crippen molar-refractivity contribution in [3.05, 3.63) is 64.7 Å². The maximum Gasteiger partial charge on any atom is 0.0432 e. The molecule has 2 aromatic carbocycles. The molecular weight excluding hydrogens is 244 g/mol. The molecule has 2 aromatic rings.